The average Bonchev–Trinajstić information content (AvgIpc) is 3.04. The number of ether oxygens (including phenoxy) is 1. The van der Waals surface area contributed by atoms with Gasteiger partial charge in [0.1, 0.15) is 11.1 Å². The van der Waals surface area contributed by atoms with E-state index in [-0.39, 0.29) is 16.3 Å². The van der Waals surface area contributed by atoms with Crippen LogP contribution < -0.4 is 10.9 Å². The van der Waals surface area contributed by atoms with Crippen LogP contribution in [0.1, 0.15) is 15.9 Å². The summed E-state index contributed by atoms with van der Waals surface area (Å²) < 4.78 is 52.6. The van der Waals surface area contributed by atoms with Crippen molar-refractivity contribution in [2.24, 2.45) is 0 Å². The van der Waals surface area contributed by atoms with Crippen molar-refractivity contribution in [1.82, 2.24) is 0 Å². The predicted octanol–water partition coefficient (Wildman–Crippen LogP) is 5.17. The minimum Gasteiger partial charge on any atom is -0.430 e. The highest BCUT2D eigenvalue weighted by molar-refractivity contribution is 6.31. The smallest absolute Gasteiger partial charge is 0.430 e. The number of hydrogen-bond donors (Lipinski definition) is 1. The summed E-state index contributed by atoms with van der Waals surface area (Å²) in [6, 6.07) is 14.5. The summed E-state index contributed by atoms with van der Waals surface area (Å²) in [6.07, 6.45) is -5.34. The van der Waals surface area contributed by atoms with Crippen LogP contribution in [0.15, 0.2) is 69.9 Å². The minimum atomic E-state index is -5.34. The predicted molar refractivity (Wildman–Crippen MR) is 113 cm³/mol. The molecule has 5 rings (SSSR count). The SMILES string of the molecule is O=C(O[C@]1(C(F)(F)F)C(=O)Nc2cc(Cl)ccc21)c1cc2c(ccc3ccccc32)oc1=O. The molecule has 0 unspecified atom stereocenters. The number of nitrogens with one attached hydrogen (secondary N) is 1. The van der Waals surface area contributed by atoms with Crippen molar-refractivity contribution in [1.29, 1.82) is 0 Å². The maximum absolute atomic E-state index is 14.2. The Morgan fingerprint density at radius 1 is 1.00 bits per heavy atom. The lowest BCUT2D eigenvalue weighted by atomic mass is 9.94. The van der Waals surface area contributed by atoms with Crippen LogP contribution in [-0.2, 0) is 15.1 Å². The van der Waals surface area contributed by atoms with Crippen LogP contribution in [0.2, 0.25) is 5.02 Å². The van der Waals surface area contributed by atoms with Crippen LogP contribution in [0.4, 0.5) is 18.9 Å². The summed E-state index contributed by atoms with van der Waals surface area (Å²) in [5.41, 5.74) is -6.40. The molecule has 0 spiro atoms. The first kappa shape index (κ1) is 21.0. The molecule has 166 valence electrons. The second-order valence-corrected chi connectivity index (χ2v) is 7.79. The molecule has 0 aliphatic carbocycles. The molecule has 2 heterocycles. The average molecular weight is 474 g/mol. The highest BCUT2D eigenvalue weighted by Gasteiger charge is 2.69. The lowest BCUT2D eigenvalue weighted by Gasteiger charge is -2.29. The molecule has 6 nitrogen and oxygen atoms in total. The van der Waals surface area contributed by atoms with Crippen LogP contribution in [-0.4, -0.2) is 18.1 Å². The first-order chi connectivity index (χ1) is 15.6. The number of rotatable bonds is 2. The minimum absolute atomic E-state index is 0.0698. The van der Waals surface area contributed by atoms with Gasteiger partial charge in [0.2, 0.25) is 0 Å². The van der Waals surface area contributed by atoms with Crippen LogP contribution in [0.3, 0.4) is 0 Å². The molecule has 1 aromatic heterocycles. The Hall–Kier alpha value is -3.85. The monoisotopic (exact) mass is 473 g/mol. The second kappa shape index (κ2) is 7.08. The highest BCUT2D eigenvalue weighted by atomic mass is 35.5. The number of halogens is 4. The summed E-state index contributed by atoms with van der Waals surface area (Å²) in [7, 11) is 0. The van der Waals surface area contributed by atoms with E-state index >= 15 is 0 Å². The number of carbonyl (C=O) groups is 2. The van der Waals surface area contributed by atoms with Crippen molar-refractivity contribution in [3.8, 4) is 0 Å². The van der Waals surface area contributed by atoms with E-state index in [0.717, 1.165) is 29.7 Å². The van der Waals surface area contributed by atoms with Gasteiger partial charge < -0.3 is 14.5 Å². The van der Waals surface area contributed by atoms with Gasteiger partial charge in [-0.2, -0.15) is 13.2 Å². The molecule has 10 heteroatoms. The fourth-order valence-corrected chi connectivity index (χ4v) is 4.08. The Morgan fingerprint density at radius 2 is 1.76 bits per heavy atom. The van der Waals surface area contributed by atoms with Gasteiger partial charge in [0.15, 0.2) is 0 Å². The van der Waals surface area contributed by atoms with Gasteiger partial charge in [0.05, 0.1) is 5.69 Å². The molecule has 0 bridgehead atoms. The summed E-state index contributed by atoms with van der Waals surface area (Å²) >= 11 is 5.81. The van der Waals surface area contributed by atoms with E-state index in [1.54, 1.807) is 30.3 Å². The van der Waals surface area contributed by atoms with Gasteiger partial charge in [-0.3, -0.25) is 4.79 Å². The highest BCUT2D eigenvalue weighted by Crippen LogP contribution is 2.50. The van der Waals surface area contributed by atoms with Crippen LogP contribution >= 0.6 is 11.6 Å². The summed E-state index contributed by atoms with van der Waals surface area (Å²) in [4.78, 5) is 37.8. The van der Waals surface area contributed by atoms with E-state index in [1.807, 2.05) is 5.32 Å². The molecule has 0 saturated carbocycles. The molecule has 1 amide bonds. The number of hydrogen-bond acceptors (Lipinski definition) is 5. The molecule has 4 aromatic rings. The van der Waals surface area contributed by atoms with Crippen LogP contribution in [0.5, 0.6) is 0 Å². The van der Waals surface area contributed by atoms with Crippen molar-refractivity contribution in [3.63, 3.8) is 0 Å². The van der Waals surface area contributed by atoms with Crippen molar-refractivity contribution in [2.45, 2.75) is 11.8 Å². The first-order valence-corrected chi connectivity index (χ1v) is 9.87. The fraction of sp³-hybridized carbons (Fsp3) is 0.0870. The molecule has 33 heavy (non-hydrogen) atoms. The van der Waals surface area contributed by atoms with E-state index in [9.17, 15) is 27.6 Å². The topological polar surface area (TPSA) is 85.6 Å². The fourth-order valence-electron chi connectivity index (χ4n) is 3.91. The van der Waals surface area contributed by atoms with Gasteiger partial charge in [0, 0.05) is 16.0 Å². The Morgan fingerprint density at radius 3 is 2.52 bits per heavy atom. The number of anilines is 1. The Bertz CT molecular complexity index is 1550. The quantitative estimate of drug-likeness (QED) is 0.247. The number of fused-ring (bicyclic) bond motifs is 4. The maximum Gasteiger partial charge on any atom is 0.442 e. The van der Waals surface area contributed by atoms with Gasteiger partial charge >= 0.3 is 23.4 Å². The van der Waals surface area contributed by atoms with Gasteiger partial charge in [-0.1, -0.05) is 48.0 Å². The number of carbonyl (C=O) groups excluding carboxylic acids is 2. The maximum atomic E-state index is 14.2. The zero-order chi connectivity index (χ0) is 23.5. The van der Waals surface area contributed by atoms with Gasteiger partial charge in [-0.15, -0.1) is 0 Å². The number of esters is 1. The molecular weight excluding hydrogens is 463 g/mol. The summed E-state index contributed by atoms with van der Waals surface area (Å²) in [6.45, 7) is 0. The Kier molecular flexibility index (Phi) is 4.51. The van der Waals surface area contributed by atoms with Crippen LogP contribution in [0, 0.1) is 0 Å². The molecule has 0 radical (unpaired) electrons. The molecule has 1 aliphatic heterocycles. The molecule has 0 saturated heterocycles. The van der Waals surface area contributed by atoms with E-state index in [0.29, 0.717) is 10.8 Å². The molecule has 1 atom stereocenters. The van der Waals surface area contributed by atoms with Crippen molar-refractivity contribution in [3.05, 3.63) is 87.2 Å². The van der Waals surface area contributed by atoms with E-state index in [2.05, 4.69) is 0 Å². The van der Waals surface area contributed by atoms with Gasteiger partial charge in [-0.25, -0.2) is 9.59 Å². The zero-order valence-electron chi connectivity index (χ0n) is 16.3. The third-order valence-electron chi connectivity index (χ3n) is 5.44. The second-order valence-electron chi connectivity index (χ2n) is 7.36. The summed E-state index contributed by atoms with van der Waals surface area (Å²) in [5, 5.41) is 3.80. The normalized spacial score (nSPS) is 17.8. The third kappa shape index (κ3) is 3.07. The molecule has 1 N–H and O–H groups in total. The number of benzene rings is 3. The van der Waals surface area contributed by atoms with Gasteiger partial charge in [-0.05, 0) is 35.0 Å². The lowest BCUT2D eigenvalue weighted by molar-refractivity contribution is -0.251. The standard InChI is InChI=1S/C23H11ClF3NO5/c24-12-6-7-16-17(9-12)28-21(31)22(16,23(25,26)27)33-20(30)15-10-14-13-4-2-1-3-11(13)5-8-18(14)32-19(15)29/h1-10H,(H,28,31)/t22-/m0/s1. The number of amides is 1. The summed E-state index contributed by atoms with van der Waals surface area (Å²) in [5.74, 6) is -3.29. The van der Waals surface area contributed by atoms with E-state index < -0.39 is 40.4 Å². The van der Waals surface area contributed by atoms with E-state index in [4.69, 9.17) is 20.8 Å². The molecule has 1 aliphatic rings. The van der Waals surface area contributed by atoms with Crippen molar-refractivity contribution >= 4 is 50.9 Å². The molecule has 3 aromatic carbocycles. The Balaban J connectivity index is 1.67. The number of alkyl halides is 3. The molecule has 0 fully saturated rings. The Labute approximate surface area is 187 Å². The van der Waals surface area contributed by atoms with Crippen molar-refractivity contribution in [2.75, 3.05) is 5.32 Å². The van der Waals surface area contributed by atoms with Gasteiger partial charge in [0.25, 0.3) is 5.91 Å². The third-order valence-corrected chi connectivity index (χ3v) is 5.67. The first-order valence-electron chi connectivity index (χ1n) is 9.49. The van der Waals surface area contributed by atoms with Crippen LogP contribution in [0.25, 0.3) is 21.7 Å². The molecular formula is C23H11ClF3NO5. The largest absolute Gasteiger partial charge is 0.442 e. The zero-order valence-corrected chi connectivity index (χ0v) is 17.1. The van der Waals surface area contributed by atoms with Crippen molar-refractivity contribution < 1.29 is 31.9 Å². The lowest BCUT2D eigenvalue weighted by Crippen LogP contribution is -2.51. The van der Waals surface area contributed by atoms with E-state index in [1.165, 1.54) is 6.07 Å².